The van der Waals surface area contributed by atoms with Gasteiger partial charge in [0.25, 0.3) is 5.89 Å². The van der Waals surface area contributed by atoms with Gasteiger partial charge in [0, 0.05) is 38.8 Å². The number of aryl methyl sites for hydroxylation is 1. The maximum atomic E-state index is 13.1. The number of amides is 1. The highest BCUT2D eigenvalue weighted by Gasteiger charge is 2.20. The number of aromatic nitrogens is 5. The number of likely N-dealkylation sites (N-methyl/N-ethyl adjacent to an activating group) is 1. The van der Waals surface area contributed by atoms with Crippen molar-refractivity contribution < 1.29 is 32.0 Å². The summed E-state index contributed by atoms with van der Waals surface area (Å²) in [6.07, 6.45) is 1.40. The molecule has 1 amide bonds. The Kier molecular flexibility index (Phi) is 7.45. The summed E-state index contributed by atoms with van der Waals surface area (Å²) in [5, 5.41) is 17.0. The first-order valence-corrected chi connectivity index (χ1v) is 12.3. The number of nitrogens with zero attached hydrogens (tertiary/aromatic N) is 6. The molecule has 0 saturated heterocycles. The number of rotatable bonds is 10. The molecular weight excluding hydrogens is 509 g/mol. The summed E-state index contributed by atoms with van der Waals surface area (Å²) in [5.74, 6) is 0.0249. The molecule has 0 radical (unpaired) electrons. The summed E-state index contributed by atoms with van der Waals surface area (Å²) in [5.41, 5.74) is 1.47. The first-order chi connectivity index (χ1) is 17.6. The average Bonchev–Trinajstić information content (AvgIpc) is 3.50. The Morgan fingerprint density at radius 2 is 2.08 bits per heavy atom. The monoisotopic (exact) mass is 531 g/mol. The number of carbonyl (C=O) groups is 1. The highest BCUT2D eigenvalue weighted by atomic mass is 32.2. The second-order valence-corrected chi connectivity index (χ2v) is 9.55. The lowest BCUT2D eigenvalue weighted by Gasteiger charge is -2.13. The van der Waals surface area contributed by atoms with Crippen molar-refractivity contribution >= 4 is 16.1 Å². The number of hydrogen-bond donors (Lipinski definition) is 2. The lowest BCUT2D eigenvalue weighted by molar-refractivity contribution is 0.157. The third-order valence-electron chi connectivity index (χ3n) is 5.24. The zero-order valence-corrected chi connectivity index (χ0v) is 20.5. The van der Waals surface area contributed by atoms with E-state index < -0.39 is 21.9 Å². The molecule has 0 aliphatic heterocycles. The van der Waals surface area contributed by atoms with Crippen LogP contribution in [0.15, 0.2) is 58.2 Å². The van der Waals surface area contributed by atoms with Crippen molar-refractivity contribution in [3.8, 4) is 28.7 Å². The molecule has 194 valence electrons. The van der Waals surface area contributed by atoms with E-state index in [1.807, 2.05) is 0 Å². The molecule has 15 heteroatoms. The minimum absolute atomic E-state index is 0.0170. The molecule has 4 aromatic rings. The molecule has 13 nitrogen and oxygen atoms in total. The van der Waals surface area contributed by atoms with Gasteiger partial charge in [-0.25, -0.2) is 27.3 Å². The molecule has 0 fully saturated rings. The van der Waals surface area contributed by atoms with E-state index in [1.165, 1.54) is 43.6 Å². The Morgan fingerprint density at radius 1 is 1.27 bits per heavy atom. The fourth-order valence-corrected chi connectivity index (χ4v) is 4.25. The second kappa shape index (κ2) is 10.7. The van der Waals surface area contributed by atoms with Crippen LogP contribution in [-0.2, 0) is 23.7 Å². The fraction of sp³-hybridized carbons (Fsp3) is 0.227. The Balaban J connectivity index is 1.50. The van der Waals surface area contributed by atoms with E-state index in [0.29, 0.717) is 16.8 Å². The Hall–Kier alpha value is -4.37. The van der Waals surface area contributed by atoms with E-state index in [0.717, 1.165) is 11.1 Å². The second-order valence-electron chi connectivity index (χ2n) is 7.78. The largest absolute Gasteiger partial charge is 0.471 e. The summed E-state index contributed by atoms with van der Waals surface area (Å²) in [7, 11) is -0.873. The van der Waals surface area contributed by atoms with E-state index in [4.69, 9.17) is 14.4 Å². The van der Waals surface area contributed by atoms with Gasteiger partial charge in [-0.2, -0.15) is 10.1 Å². The molecule has 0 saturated carbocycles. The summed E-state index contributed by atoms with van der Waals surface area (Å²) in [4.78, 5) is 20.0. The van der Waals surface area contributed by atoms with Gasteiger partial charge >= 0.3 is 6.09 Å². The molecule has 0 unspecified atom stereocenters. The highest BCUT2D eigenvalue weighted by Crippen LogP contribution is 2.27. The fourth-order valence-electron chi connectivity index (χ4n) is 3.18. The third kappa shape index (κ3) is 6.07. The van der Waals surface area contributed by atoms with Crippen LogP contribution < -0.4 is 9.46 Å². The molecule has 4 rings (SSSR count). The zero-order chi connectivity index (χ0) is 26.6. The Labute approximate surface area is 210 Å². The molecule has 1 aromatic carbocycles. The molecule has 0 atom stereocenters. The van der Waals surface area contributed by atoms with Crippen molar-refractivity contribution in [2.75, 3.05) is 20.1 Å². The first kappa shape index (κ1) is 25.7. The lowest BCUT2D eigenvalue weighted by atomic mass is 10.2. The van der Waals surface area contributed by atoms with Crippen molar-refractivity contribution in [1.29, 1.82) is 0 Å². The van der Waals surface area contributed by atoms with Crippen LogP contribution in [-0.4, -0.2) is 69.6 Å². The minimum Gasteiger partial charge on any atom is -0.471 e. The van der Waals surface area contributed by atoms with Gasteiger partial charge in [0.15, 0.2) is 0 Å². The average molecular weight is 532 g/mol. The number of hydrogen-bond acceptors (Lipinski definition) is 9. The van der Waals surface area contributed by atoms with Crippen LogP contribution in [0.3, 0.4) is 0 Å². The molecule has 0 spiro atoms. The minimum atomic E-state index is -3.91. The van der Waals surface area contributed by atoms with Crippen LogP contribution in [0.4, 0.5) is 9.18 Å². The zero-order valence-electron chi connectivity index (χ0n) is 19.7. The van der Waals surface area contributed by atoms with Crippen LogP contribution in [0.2, 0.25) is 0 Å². The third-order valence-corrected chi connectivity index (χ3v) is 6.70. The topological polar surface area (TPSA) is 166 Å². The Bertz CT molecular complexity index is 1500. The maximum Gasteiger partial charge on any atom is 0.407 e. The quantitative estimate of drug-likeness (QED) is 0.310. The Morgan fingerprint density at radius 3 is 2.81 bits per heavy atom. The van der Waals surface area contributed by atoms with Gasteiger partial charge in [0.05, 0.1) is 28.5 Å². The number of ether oxygens (including phenoxy) is 1. The van der Waals surface area contributed by atoms with Crippen molar-refractivity contribution in [3.05, 3.63) is 60.3 Å². The molecule has 3 heterocycles. The summed E-state index contributed by atoms with van der Waals surface area (Å²) < 4.78 is 53.3. The molecule has 0 aliphatic carbocycles. The molecular formula is C22H22FN7O6S. The number of pyridine rings is 1. The van der Waals surface area contributed by atoms with Crippen molar-refractivity contribution in [2.24, 2.45) is 7.05 Å². The van der Waals surface area contributed by atoms with Gasteiger partial charge in [0.2, 0.25) is 21.7 Å². The van der Waals surface area contributed by atoms with Crippen LogP contribution in [0.5, 0.6) is 5.88 Å². The van der Waals surface area contributed by atoms with E-state index >= 15 is 0 Å². The van der Waals surface area contributed by atoms with E-state index in [2.05, 4.69) is 24.9 Å². The van der Waals surface area contributed by atoms with Gasteiger partial charge in [-0.05, 0) is 18.2 Å². The molecule has 0 aliphatic rings. The van der Waals surface area contributed by atoms with Gasteiger partial charge in [0.1, 0.15) is 12.4 Å². The normalized spacial score (nSPS) is 11.4. The van der Waals surface area contributed by atoms with Gasteiger partial charge < -0.3 is 19.3 Å². The standard InChI is InChI=1S/C22H22FN7O6S/c1-29(22(31)32)9-8-26-37(33,34)16-5-3-4-14(10-16)20-27-21(36-28-20)17-12-25-30(2)18(17)13-35-19-7-6-15(23)11-24-19/h3-7,10-12,26H,8-9,13H2,1-2H3,(H,31,32). The summed E-state index contributed by atoms with van der Waals surface area (Å²) >= 11 is 0. The van der Waals surface area contributed by atoms with Gasteiger partial charge in [-0.3, -0.25) is 4.68 Å². The van der Waals surface area contributed by atoms with Crippen LogP contribution >= 0.6 is 0 Å². The number of sulfonamides is 1. The maximum absolute atomic E-state index is 13.1. The summed E-state index contributed by atoms with van der Waals surface area (Å²) in [6.45, 7) is -0.0729. The number of nitrogens with one attached hydrogen (secondary N) is 1. The molecule has 2 N–H and O–H groups in total. The van der Waals surface area contributed by atoms with Crippen molar-refractivity contribution in [2.45, 2.75) is 11.5 Å². The molecule has 37 heavy (non-hydrogen) atoms. The predicted molar refractivity (Wildman–Crippen MR) is 126 cm³/mol. The predicted octanol–water partition coefficient (Wildman–Crippen LogP) is 2.14. The SMILES string of the molecule is CN(CCNS(=O)(=O)c1cccc(-c2noc(-c3cnn(C)c3COc3ccc(F)cn3)n2)c1)C(=O)O. The van der Waals surface area contributed by atoms with Crippen molar-refractivity contribution in [1.82, 2.24) is 34.5 Å². The molecule has 0 bridgehead atoms. The first-order valence-electron chi connectivity index (χ1n) is 10.8. The molecule has 3 aromatic heterocycles. The van der Waals surface area contributed by atoms with E-state index in [9.17, 15) is 17.6 Å². The number of halogens is 1. The van der Waals surface area contributed by atoms with E-state index in [-0.39, 0.29) is 42.2 Å². The van der Waals surface area contributed by atoms with Crippen molar-refractivity contribution in [3.63, 3.8) is 0 Å². The van der Waals surface area contributed by atoms with Crippen LogP contribution in [0, 0.1) is 5.82 Å². The lowest BCUT2D eigenvalue weighted by Crippen LogP contribution is -2.35. The van der Waals surface area contributed by atoms with Gasteiger partial charge in [-0.15, -0.1) is 0 Å². The van der Waals surface area contributed by atoms with Crippen LogP contribution in [0.25, 0.3) is 22.8 Å². The van der Waals surface area contributed by atoms with Crippen LogP contribution in [0.1, 0.15) is 5.69 Å². The smallest absolute Gasteiger partial charge is 0.407 e. The number of benzene rings is 1. The number of carboxylic acid groups (broad SMARTS) is 1. The van der Waals surface area contributed by atoms with Gasteiger partial charge in [-0.1, -0.05) is 17.3 Å². The van der Waals surface area contributed by atoms with E-state index in [1.54, 1.807) is 17.8 Å². The highest BCUT2D eigenvalue weighted by molar-refractivity contribution is 7.89. The summed E-state index contributed by atoms with van der Waals surface area (Å²) in [6, 6.07) is 8.56.